The smallest absolute Gasteiger partial charge is 0.0745 e. The topological polar surface area (TPSA) is 56.2 Å². The Morgan fingerprint density at radius 2 is 1.67 bits per heavy atom. The van der Waals surface area contributed by atoms with Crippen molar-refractivity contribution in [2.24, 2.45) is 10.7 Å². The fraction of sp³-hybridized carbons (Fsp3) is 0.125. The molecule has 0 aliphatic heterocycles. The van der Waals surface area contributed by atoms with Crippen LogP contribution in [0.25, 0.3) is 38.6 Å². The molecule has 2 aromatic heterocycles. The summed E-state index contributed by atoms with van der Waals surface area (Å²) in [4.78, 5) is 9.17. The molecule has 0 radical (unpaired) electrons. The molecule has 0 saturated carbocycles. The second-order valence-electron chi connectivity index (χ2n) is 8.36. The van der Waals surface area contributed by atoms with Gasteiger partial charge in [-0.15, -0.1) is 6.58 Å². The molecule has 0 unspecified atom stereocenters. The second kappa shape index (κ2) is 12.3. The van der Waals surface area contributed by atoms with E-state index in [9.17, 15) is 0 Å². The van der Waals surface area contributed by atoms with E-state index in [0.29, 0.717) is 0 Å². The summed E-state index contributed by atoms with van der Waals surface area (Å²) in [7, 11) is 1.76. The normalized spacial score (nSPS) is 12.3. The van der Waals surface area contributed by atoms with Gasteiger partial charge in [-0.2, -0.15) is 0 Å². The summed E-state index contributed by atoms with van der Waals surface area (Å²) in [5.41, 5.74) is 13.8. The fourth-order valence-corrected chi connectivity index (χ4v) is 4.11. The van der Waals surface area contributed by atoms with Gasteiger partial charge in [-0.05, 0) is 69.0 Å². The molecule has 0 aliphatic carbocycles. The summed E-state index contributed by atoms with van der Waals surface area (Å²) in [5.74, 6) is 0. The van der Waals surface area contributed by atoms with Crippen molar-refractivity contribution in [3.05, 3.63) is 121 Å². The zero-order valence-electron chi connectivity index (χ0n) is 21.6. The third-order valence-corrected chi connectivity index (χ3v) is 5.62. The van der Waals surface area contributed by atoms with Crippen LogP contribution in [0.4, 0.5) is 0 Å². The number of pyridine rings is 1. The first-order valence-electron chi connectivity index (χ1n) is 11.9. The number of benzene rings is 2. The quantitative estimate of drug-likeness (QED) is 0.176. The number of fused-ring (bicyclic) bond motifs is 3. The maximum absolute atomic E-state index is 5.57. The lowest BCUT2D eigenvalue weighted by atomic mass is 10.1. The van der Waals surface area contributed by atoms with Gasteiger partial charge in [0.1, 0.15) is 0 Å². The van der Waals surface area contributed by atoms with Crippen LogP contribution in [0.15, 0.2) is 109 Å². The van der Waals surface area contributed by atoms with Gasteiger partial charge in [-0.25, -0.2) is 4.98 Å². The van der Waals surface area contributed by atoms with Gasteiger partial charge in [-0.1, -0.05) is 60.7 Å². The van der Waals surface area contributed by atoms with Gasteiger partial charge in [0, 0.05) is 29.6 Å². The zero-order valence-corrected chi connectivity index (χ0v) is 21.6. The molecule has 0 aliphatic rings. The predicted molar refractivity (Wildman–Crippen MR) is 159 cm³/mol. The van der Waals surface area contributed by atoms with Crippen LogP contribution < -0.4 is 5.73 Å². The minimum absolute atomic E-state index is 0.829. The van der Waals surface area contributed by atoms with E-state index in [1.807, 2.05) is 38.3 Å². The second-order valence-corrected chi connectivity index (χ2v) is 8.36. The third-order valence-electron chi connectivity index (χ3n) is 5.62. The van der Waals surface area contributed by atoms with Gasteiger partial charge in [0.05, 0.1) is 28.1 Å². The lowest BCUT2D eigenvalue weighted by Crippen LogP contribution is -2.02. The summed E-state index contributed by atoms with van der Waals surface area (Å²) in [6.45, 7) is 13.3. The average Bonchev–Trinajstić information content (AvgIpc) is 3.21. The monoisotopic (exact) mass is 474 g/mol. The highest BCUT2D eigenvalue weighted by Crippen LogP contribution is 2.33. The number of nitrogens with two attached hydrogens (primary N) is 1. The van der Waals surface area contributed by atoms with Crippen LogP contribution in [0.2, 0.25) is 0 Å². The Balaban J connectivity index is 0.00000115. The van der Waals surface area contributed by atoms with Crippen LogP contribution >= 0.6 is 0 Å². The Hall–Kier alpha value is -4.44. The number of aryl methyl sites for hydroxylation is 1. The van der Waals surface area contributed by atoms with Gasteiger partial charge >= 0.3 is 0 Å². The number of allylic oxidation sites excluding steroid dienone is 7. The number of para-hydroxylation sites is 1. The standard InChI is InChI=1S/C29H28N4.C3H6/c1-5-9-22(19-31-4)27-18-23(17-26(32-27)21(3)10-8-15-30)33-28-12-7-6-11-24(28)25-16-20(2)13-14-29(25)33;1-3-2/h5-19H,1,30H2,2-4H3;3H,1H2,2H3/b15-8-,21-10+,22-9+,31-19?;. The molecule has 4 heteroatoms. The van der Waals surface area contributed by atoms with E-state index >= 15 is 0 Å². The van der Waals surface area contributed by atoms with Gasteiger partial charge in [0.25, 0.3) is 0 Å². The first kappa shape index (κ1) is 26.2. The largest absolute Gasteiger partial charge is 0.405 e. The minimum atomic E-state index is 0.829. The van der Waals surface area contributed by atoms with Gasteiger partial charge < -0.3 is 10.3 Å². The average molecular weight is 475 g/mol. The van der Waals surface area contributed by atoms with Crippen molar-refractivity contribution in [3.8, 4) is 5.69 Å². The summed E-state index contributed by atoms with van der Waals surface area (Å²) < 4.78 is 2.31. The third kappa shape index (κ3) is 5.61. The molecule has 0 spiro atoms. The van der Waals surface area contributed by atoms with E-state index in [-0.39, 0.29) is 0 Å². The van der Waals surface area contributed by atoms with Crippen LogP contribution in [0, 0.1) is 6.92 Å². The number of aliphatic imine (C=N–C) groups is 1. The molecular formula is C32H34N4. The highest BCUT2D eigenvalue weighted by atomic mass is 15.0. The molecule has 4 rings (SSSR count). The fourth-order valence-electron chi connectivity index (χ4n) is 4.11. The summed E-state index contributed by atoms with van der Waals surface area (Å²) in [6.07, 6.45) is 12.6. The van der Waals surface area contributed by atoms with Crippen molar-refractivity contribution in [1.29, 1.82) is 0 Å². The molecule has 182 valence electrons. The molecular weight excluding hydrogens is 440 g/mol. The van der Waals surface area contributed by atoms with E-state index < -0.39 is 0 Å². The Bertz CT molecular complexity index is 1510. The molecule has 2 aromatic carbocycles. The molecule has 2 N–H and O–H groups in total. The Labute approximate surface area is 214 Å². The van der Waals surface area contributed by atoms with Crippen LogP contribution in [0.3, 0.4) is 0 Å². The first-order chi connectivity index (χ1) is 17.5. The van der Waals surface area contributed by atoms with E-state index in [1.54, 1.807) is 19.2 Å². The number of rotatable bonds is 6. The molecule has 2 heterocycles. The highest BCUT2D eigenvalue weighted by molar-refractivity contribution is 6.11. The van der Waals surface area contributed by atoms with Crippen molar-refractivity contribution in [2.75, 3.05) is 7.05 Å². The van der Waals surface area contributed by atoms with E-state index in [4.69, 9.17) is 10.7 Å². The SMILES string of the molecule is C=C/C=C(\C=NC)c1cc(-n2c3ccccc3c3cc(C)ccc32)cc(/C(C)=C/C=C\N)n1.C=CC. The number of hydrogen-bond acceptors (Lipinski definition) is 3. The maximum atomic E-state index is 5.57. The number of nitrogens with zero attached hydrogens (tertiary/aromatic N) is 3. The summed E-state index contributed by atoms with van der Waals surface area (Å²) in [5, 5.41) is 2.47. The van der Waals surface area contributed by atoms with Crippen molar-refractivity contribution in [2.45, 2.75) is 20.8 Å². The minimum Gasteiger partial charge on any atom is -0.405 e. The van der Waals surface area contributed by atoms with Crippen molar-refractivity contribution >= 4 is 39.2 Å². The highest BCUT2D eigenvalue weighted by Gasteiger charge is 2.15. The van der Waals surface area contributed by atoms with Crippen molar-refractivity contribution in [1.82, 2.24) is 9.55 Å². The molecule has 4 aromatic rings. The van der Waals surface area contributed by atoms with E-state index in [2.05, 4.69) is 84.2 Å². The summed E-state index contributed by atoms with van der Waals surface area (Å²) in [6, 6.07) is 19.4. The molecule has 0 fully saturated rings. The molecule has 0 amide bonds. The maximum Gasteiger partial charge on any atom is 0.0745 e. The molecule has 36 heavy (non-hydrogen) atoms. The molecule has 0 atom stereocenters. The Kier molecular flexibility index (Phi) is 8.95. The number of hydrogen-bond donors (Lipinski definition) is 1. The molecule has 0 bridgehead atoms. The lowest BCUT2D eigenvalue weighted by molar-refractivity contribution is 1.13. The Morgan fingerprint density at radius 1 is 0.972 bits per heavy atom. The van der Waals surface area contributed by atoms with Gasteiger partial charge in [0.2, 0.25) is 0 Å². The van der Waals surface area contributed by atoms with Crippen LogP contribution in [0.5, 0.6) is 0 Å². The van der Waals surface area contributed by atoms with E-state index in [1.165, 1.54) is 22.5 Å². The Morgan fingerprint density at radius 3 is 2.36 bits per heavy atom. The number of aromatic nitrogens is 2. The van der Waals surface area contributed by atoms with Gasteiger partial charge in [0.15, 0.2) is 0 Å². The molecule has 0 saturated heterocycles. The first-order valence-corrected chi connectivity index (χ1v) is 11.9. The van der Waals surface area contributed by atoms with Crippen LogP contribution in [-0.2, 0) is 0 Å². The van der Waals surface area contributed by atoms with Crippen LogP contribution in [-0.4, -0.2) is 22.8 Å². The lowest BCUT2D eigenvalue weighted by Gasteiger charge is -2.13. The van der Waals surface area contributed by atoms with Gasteiger partial charge in [-0.3, -0.25) is 4.99 Å². The van der Waals surface area contributed by atoms with Crippen molar-refractivity contribution < 1.29 is 0 Å². The van der Waals surface area contributed by atoms with Crippen molar-refractivity contribution in [3.63, 3.8) is 0 Å². The predicted octanol–water partition coefficient (Wildman–Crippen LogP) is 7.83. The zero-order chi connectivity index (χ0) is 26.1. The summed E-state index contributed by atoms with van der Waals surface area (Å²) >= 11 is 0. The molecule has 4 nitrogen and oxygen atoms in total. The van der Waals surface area contributed by atoms with E-state index in [0.717, 1.165) is 39.3 Å². The van der Waals surface area contributed by atoms with Crippen LogP contribution in [0.1, 0.15) is 30.8 Å².